The number of nitrogens with zero attached hydrogens (tertiary/aromatic N) is 2. The fourth-order valence-electron chi connectivity index (χ4n) is 2.53. The summed E-state index contributed by atoms with van der Waals surface area (Å²) in [5.41, 5.74) is 0.0951. The molecule has 0 radical (unpaired) electrons. The Hall–Kier alpha value is -1.13. The third-order valence-corrected chi connectivity index (χ3v) is 3.53. The van der Waals surface area contributed by atoms with Crippen LogP contribution in [0.25, 0.3) is 0 Å². The van der Waals surface area contributed by atoms with Crippen molar-refractivity contribution in [1.29, 1.82) is 0 Å². The van der Waals surface area contributed by atoms with E-state index < -0.39 is 0 Å². The van der Waals surface area contributed by atoms with Gasteiger partial charge in [-0.2, -0.15) is 0 Å². The van der Waals surface area contributed by atoms with Gasteiger partial charge in [-0.1, -0.05) is 19.4 Å². The van der Waals surface area contributed by atoms with Crippen LogP contribution in [0.3, 0.4) is 0 Å². The number of aromatic nitrogens is 1. The van der Waals surface area contributed by atoms with Gasteiger partial charge in [0.25, 0.3) is 5.56 Å². The first-order chi connectivity index (χ1) is 8.79. The molecule has 0 aliphatic carbocycles. The Bertz CT molecular complexity index is 414. The molecule has 1 aromatic rings. The van der Waals surface area contributed by atoms with Gasteiger partial charge < -0.3 is 9.88 Å². The normalized spacial score (nSPS) is 21.1. The van der Waals surface area contributed by atoms with Gasteiger partial charge in [0, 0.05) is 51.0 Å². The summed E-state index contributed by atoms with van der Waals surface area (Å²) in [5.74, 6) is 0. The van der Waals surface area contributed by atoms with E-state index in [1.807, 2.05) is 12.3 Å². The first kappa shape index (κ1) is 13.3. The van der Waals surface area contributed by atoms with E-state index in [1.54, 1.807) is 16.7 Å². The predicted molar refractivity (Wildman–Crippen MR) is 73.8 cm³/mol. The molecule has 2 rings (SSSR count). The summed E-state index contributed by atoms with van der Waals surface area (Å²) in [6, 6.07) is 5.95. The summed E-state index contributed by atoms with van der Waals surface area (Å²) >= 11 is 0. The fraction of sp³-hybridized carbons (Fsp3) is 0.643. The van der Waals surface area contributed by atoms with E-state index in [9.17, 15) is 4.79 Å². The quantitative estimate of drug-likeness (QED) is 0.843. The zero-order valence-electron chi connectivity index (χ0n) is 11.1. The molecule has 4 nitrogen and oxygen atoms in total. The van der Waals surface area contributed by atoms with Gasteiger partial charge in [-0.25, -0.2) is 0 Å². The molecule has 2 heterocycles. The standard InChI is InChI=1S/C14H23N3O/c1-2-5-13-12-16(9-7-15-13)10-11-17-8-4-3-6-14(17)18/h3-4,6,8,13,15H,2,5,7,9-12H2,1H3. The molecular weight excluding hydrogens is 226 g/mol. The van der Waals surface area contributed by atoms with Crippen molar-refractivity contribution in [3.63, 3.8) is 0 Å². The van der Waals surface area contributed by atoms with Crippen molar-refractivity contribution in [2.24, 2.45) is 0 Å². The van der Waals surface area contributed by atoms with Crippen molar-refractivity contribution < 1.29 is 0 Å². The smallest absolute Gasteiger partial charge is 0.250 e. The zero-order chi connectivity index (χ0) is 12.8. The van der Waals surface area contributed by atoms with Crippen LogP contribution in [0.15, 0.2) is 29.2 Å². The number of pyridine rings is 1. The molecule has 0 bridgehead atoms. The highest BCUT2D eigenvalue weighted by Crippen LogP contribution is 2.04. The zero-order valence-corrected chi connectivity index (χ0v) is 11.1. The second-order valence-corrected chi connectivity index (χ2v) is 4.97. The van der Waals surface area contributed by atoms with Gasteiger partial charge in [0.1, 0.15) is 0 Å². The van der Waals surface area contributed by atoms with Crippen LogP contribution < -0.4 is 10.9 Å². The van der Waals surface area contributed by atoms with Crippen LogP contribution in [0, 0.1) is 0 Å². The first-order valence-electron chi connectivity index (χ1n) is 6.91. The van der Waals surface area contributed by atoms with Crippen LogP contribution in [-0.4, -0.2) is 41.7 Å². The molecular formula is C14H23N3O. The van der Waals surface area contributed by atoms with Crippen molar-refractivity contribution in [3.8, 4) is 0 Å². The van der Waals surface area contributed by atoms with Crippen molar-refractivity contribution >= 4 is 0 Å². The van der Waals surface area contributed by atoms with Gasteiger partial charge in [-0.3, -0.25) is 9.69 Å². The highest BCUT2D eigenvalue weighted by atomic mass is 16.1. The van der Waals surface area contributed by atoms with E-state index in [2.05, 4.69) is 17.1 Å². The summed E-state index contributed by atoms with van der Waals surface area (Å²) in [6.45, 7) is 7.24. The van der Waals surface area contributed by atoms with E-state index >= 15 is 0 Å². The average molecular weight is 249 g/mol. The summed E-state index contributed by atoms with van der Waals surface area (Å²) in [6.07, 6.45) is 4.33. The Morgan fingerprint density at radius 3 is 3.06 bits per heavy atom. The van der Waals surface area contributed by atoms with E-state index in [4.69, 9.17) is 0 Å². The van der Waals surface area contributed by atoms with Crippen LogP contribution in [-0.2, 0) is 6.54 Å². The lowest BCUT2D eigenvalue weighted by molar-refractivity contribution is 0.187. The summed E-state index contributed by atoms with van der Waals surface area (Å²) in [5, 5.41) is 3.55. The fourth-order valence-corrected chi connectivity index (χ4v) is 2.53. The van der Waals surface area contributed by atoms with E-state index in [0.717, 1.165) is 32.7 Å². The SMILES string of the molecule is CCCC1CN(CCn2ccccc2=O)CCN1. The van der Waals surface area contributed by atoms with Gasteiger partial charge in [0.05, 0.1) is 0 Å². The van der Waals surface area contributed by atoms with Crippen molar-refractivity contribution in [3.05, 3.63) is 34.7 Å². The van der Waals surface area contributed by atoms with Crippen molar-refractivity contribution in [2.75, 3.05) is 26.2 Å². The number of hydrogen-bond acceptors (Lipinski definition) is 3. The number of nitrogens with one attached hydrogen (secondary N) is 1. The van der Waals surface area contributed by atoms with Crippen LogP contribution in [0.2, 0.25) is 0 Å². The third kappa shape index (κ3) is 3.68. The van der Waals surface area contributed by atoms with Crippen molar-refractivity contribution in [1.82, 2.24) is 14.8 Å². The van der Waals surface area contributed by atoms with E-state index in [0.29, 0.717) is 6.04 Å². The maximum absolute atomic E-state index is 11.6. The molecule has 0 spiro atoms. The first-order valence-corrected chi connectivity index (χ1v) is 6.91. The molecule has 1 unspecified atom stereocenters. The molecule has 1 aliphatic rings. The van der Waals surface area contributed by atoms with Crippen molar-refractivity contribution in [2.45, 2.75) is 32.4 Å². The van der Waals surface area contributed by atoms with Crippen LogP contribution >= 0.6 is 0 Å². The lowest BCUT2D eigenvalue weighted by atomic mass is 10.1. The Balaban J connectivity index is 1.83. The molecule has 4 heteroatoms. The highest BCUT2D eigenvalue weighted by molar-refractivity contribution is 4.93. The van der Waals surface area contributed by atoms with Crippen LogP contribution in [0.1, 0.15) is 19.8 Å². The largest absolute Gasteiger partial charge is 0.314 e. The maximum atomic E-state index is 11.6. The Kier molecular flexibility index (Phi) is 4.96. The van der Waals surface area contributed by atoms with E-state index in [-0.39, 0.29) is 5.56 Å². The minimum absolute atomic E-state index is 0.0951. The Morgan fingerprint density at radius 2 is 2.28 bits per heavy atom. The molecule has 1 fully saturated rings. The summed E-state index contributed by atoms with van der Waals surface area (Å²) in [4.78, 5) is 14.0. The predicted octanol–water partition coefficient (Wildman–Crippen LogP) is 0.922. The van der Waals surface area contributed by atoms with Crippen LogP contribution in [0.5, 0.6) is 0 Å². The number of rotatable bonds is 5. The molecule has 1 aliphatic heterocycles. The molecule has 1 N–H and O–H groups in total. The molecule has 100 valence electrons. The topological polar surface area (TPSA) is 37.3 Å². The summed E-state index contributed by atoms with van der Waals surface area (Å²) < 4.78 is 1.79. The van der Waals surface area contributed by atoms with E-state index in [1.165, 1.54) is 12.8 Å². The van der Waals surface area contributed by atoms with Gasteiger partial charge in [0.2, 0.25) is 0 Å². The minimum Gasteiger partial charge on any atom is -0.314 e. The number of hydrogen-bond donors (Lipinski definition) is 1. The van der Waals surface area contributed by atoms with Crippen LogP contribution in [0.4, 0.5) is 0 Å². The molecule has 0 saturated carbocycles. The molecule has 1 atom stereocenters. The third-order valence-electron chi connectivity index (χ3n) is 3.53. The monoisotopic (exact) mass is 249 g/mol. The maximum Gasteiger partial charge on any atom is 0.250 e. The molecule has 1 saturated heterocycles. The molecule has 0 amide bonds. The highest BCUT2D eigenvalue weighted by Gasteiger charge is 2.17. The second-order valence-electron chi connectivity index (χ2n) is 4.97. The number of piperazine rings is 1. The molecule has 1 aromatic heterocycles. The molecule has 0 aromatic carbocycles. The Morgan fingerprint density at radius 1 is 1.39 bits per heavy atom. The van der Waals surface area contributed by atoms with Gasteiger partial charge in [0.15, 0.2) is 0 Å². The van der Waals surface area contributed by atoms with Gasteiger partial charge in [-0.15, -0.1) is 0 Å². The lowest BCUT2D eigenvalue weighted by Crippen LogP contribution is -2.51. The average Bonchev–Trinajstić information content (AvgIpc) is 2.39. The summed E-state index contributed by atoms with van der Waals surface area (Å²) in [7, 11) is 0. The second kappa shape index (κ2) is 6.71. The minimum atomic E-state index is 0.0951. The van der Waals surface area contributed by atoms with Gasteiger partial charge in [-0.05, 0) is 12.5 Å². The lowest BCUT2D eigenvalue weighted by Gasteiger charge is -2.33. The Labute approximate surface area is 109 Å². The van der Waals surface area contributed by atoms with Gasteiger partial charge >= 0.3 is 0 Å². The molecule has 18 heavy (non-hydrogen) atoms.